The van der Waals surface area contributed by atoms with Crippen LogP contribution in [0.4, 0.5) is 0 Å². The first kappa shape index (κ1) is 29.9. The summed E-state index contributed by atoms with van der Waals surface area (Å²) in [5.41, 5.74) is 10.6. The highest BCUT2D eigenvalue weighted by Gasteiger charge is 2.21. The third-order valence-electron chi connectivity index (χ3n) is 4.36. The summed E-state index contributed by atoms with van der Waals surface area (Å²) in [6.45, 7) is 4.43. The van der Waals surface area contributed by atoms with E-state index in [0.29, 0.717) is 25.8 Å². The molecule has 0 aromatic heterocycles. The van der Waals surface area contributed by atoms with Crippen molar-refractivity contribution in [3.05, 3.63) is 0 Å². The van der Waals surface area contributed by atoms with Crippen LogP contribution in [-0.2, 0) is 19.1 Å². The molecule has 0 heterocycles. The molecule has 0 fully saturated rings. The second kappa shape index (κ2) is 23.0. The van der Waals surface area contributed by atoms with Gasteiger partial charge in [-0.3, -0.25) is 14.6 Å². The van der Waals surface area contributed by atoms with Crippen LogP contribution in [0.3, 0.4) is 0 Å². The summed E-state index contributed by atoms with van der Waals surface area (Å²) in [6, 6.07) is -0.634. The number of rotatable bonds is 17. The number of nitrogens with zero attached hydrogens (tertiary/aromatic N) is 1. The number of nitrogens with two attached hydrogens (primary N) is 2. The zero-order valence-electron chi connectivity index (χ0n) is 18.7. The Hall–Kier alpha value is -2.32. The van der Waals surface area contributed by atoms with Gasteiger partial charge in [0.2, 0.25) is 5.91 Å². The molecule has 0 aromatic carbocycles. The van der Waals surface area contributed by atoms with Crippen molar-refractivity contribution in [2.45, 2.75) is 96.9 Å². The second-order valence-corrected chi connectivity index (χ2v) is 7.00. The number of guanidine groups is 1. The Kier molecular flexibility index (Phi) is 22.9. The van der Waals surface area contributed by atoms with Gasteiger partial charge in [-0.25, -0.2) is 4.79 Å². The molecule has 0 unspecified atom stereocenters. The van der Waals surface area contributed by atoms with Crippen LogP contribution in [-0.4, -0.2) is 48.6 Å². The summed E-state index contributed by atoms with van der Waals surface area (Å²) in [5.74, 6) is -0.474. The lowest BCUT2D eigenvalue weighted by molar-refractivity contribution is -0.147. The quantitative estimate of drug-likeness (QED) is 0.0908. The van der Waals surface area contributed by atoms with Crippen molar-refractivity contribution in [2.24, 2.45) is 16.5 Å². The first-order valence-corrected chi connectivity index (χ1v) is 11.0. The van der Waals surface area contributed by atoms with Gasteiger partial charge in [0.25, 0.3) is 6.47 Å². The molecule has 1 atom stereocenters. The first-order valence-electron chi connectivity index (χ1n) is 11.0. The van der Waals surface area contributed by atoms with Crippen molar-refractivity contribution in [3.8, 4) is 0 Å². The number of carbonyl (C=O) groups excluding carboxylic acids is 2. The molecule has 0 spiro atoms. The Bertz CT molecular complexity index is 468. The van der Waals surface area contributed by atoms with E-state index in [0.717, 1.165) is 12.8 Å². The van der Waals surface area contributed by atoms with E-state index >= 15 is 0 Å². The lowest BCUT2D eigenvalue weighted by Gasteiger charge is -2.17. The zero-order valence-corrected chi connectivity index (χ0v) is 18.7. The number of aliphatic imine (C=N–C) groups is 1. The van der Waals surface area contributed by atoms with E-state index in [9.17, 15) is 9.59 Å². The monoisotopic (exact) mass is 430 g/mol. The normalized spacial score (nSPS) is 10.9. The number of amides is 1. The van der Waals surface area contributed by atoms with Crippen molar-refractivity contribution in [1.82, 2.24) is 5.32 Å². The SMILES string of the molecule is CCCCCCCCCCCC(=O)N[C@@H](CCCN=C(N)N)C(=O)OCC.O=CO. The number of carbonyl (C=O) groups is 3. The summed E-state index contributed by atoms with van der Waals surface area (Å²) in [4.78, 5) is 36.4. The topological polar surface area (TPSA) is 157 Å². The number of nitrogens with one attached hydrogen (secondary N) is 1. The molecule has 0 saturated carbocycles. The fourth-order valence-electron chi connectivity index (χ4n) is 2.86. The number of esters is 1. The smallest absolute Gasteiger partial charge is 0.328 e. The largest absolute Gasteiger partial charge is 0.483 e. The predicted molar refractivity (Wildman–Crippen MR) is 119 cm³/mol. The van der Waals surface area contributed by atoms with Gasteiger partial charge in [-0.15, -0.1) is 0 Å². The Labute approximate surface area is 181 Å². The molecule has 0 aliphatic carbocycles. The molecule has 0 aliphatic heterocycles. The van der Waals surface area contributed by atoms with E-state index in [1.165, 1.54) is 44.9 Å². The number of unbranched alkanes of at least 4 members (excludes halogenated alkanes) is 8. The maximum absolute atomic E-state index is 12.1. The van der Waals surface area contributed by atoms with E-state index in [1.54, 1.807) is 6.92 Å². The maximum Gasteiger partial charge on any atom is 0.328 e. The summed E-state index contributed by atoms with van der Waals surface area (Å²) >= 11 is 0. The van der Waals surface area contributed by atoms with Crippen LogP contribution in [0.25, 0.3) is 0 Å². The summed E-state index contributed by atoms with van der Waals surface area (Å²) < 4.78 is 5.04. The van der Waals surface area contributed by atoms with Gasteiger partial charge in [-0.05, 0) is 26.2 Å². The van der Waals surface area contributed by atoms with Crippen molar-refractivity contribution in [2.75, 3.05) is 13.2 Å². The van der Waals surface area contributed by atoms with Gasteiger partial charge < -0.3 is 26.6 Å². The van der Waals surface area contributed by atoms with Crippen LogP contribution >= 0.6 is 0 Å². The number of hydrogen-bond donors (Lipinski definition) is 4. The molecular weight excluding hydrogens is 388 g/mol. The highest BCUT2D eigenvalue weighted by molar-refractivity contribution is 5.84. The molecule has 0 radical (unpaired) electrons. The van der Waals surface area contributed by atoms with Gasteiger partial charge >= 0.3 is 5.97 Å². The molecular formula is C21H42N4O5. The van der Waals surface area contributed by atoms with E-state index in [-0.39, 0.29) is 24.9 Å². The van der Waals surface area contributed by atoms with Crippen LogP contribution in [0, 0.1) is 0 Å². The third-order valence-corrected chi connectivity index (χ3v) is 4.36. The highest BCUT2D eigenvalue weighted by atomic mass is 16.5. The molecule has 0 aliphatic rings. The molecule has 0 aromatic rings. The molecule has 0 rings (SSSR count). The van der Waals surface area contributed by atoms with E-state index < -0.39 is 12.0 Å². The number of ether oxygens (including phenoxy) is 1. The Balaban J connectivity index is 0. The van der Waals surface area contributed by atoms with Gasteiger partial charge in [0.1, 0.15) is 6.04 Å². The minimum Gasteiger partial charge on any atom is -0.483 e. The lowest BCUT2D eigenvalue weighted by atomic mass is 10.1. The Morgan fingerprint density at radius 3 is 2.03 bits per heavy atom. The van der Waals surface area contributed by atoms with Crippen molar-refractivity contribution in [1.29, 1.82) is 0 Å². The first-order chi connectivity index (χ1) is 14.4. The van der Waals surface area contributed by atoms with Crippen LogP contribution in [0.15, 0.2) is 4.99 Å². The summed E-state index contributed by atoms with van der Waals surface area (Å²) in [7, 11) is 0. The van der Waals surface area contributed by atoms with E-state index in [1.807, 2.05) is 0 Å². The molecule has 0 saturated heterocycles. The fraction of sp³-hybridized carbons (Fsp3) is 0.810. The molecule has 9 heteroatoms. The van der Waals surface area contributed by atoms with Crippen LogP contribution in [0.2, 0.25) is 0 Å². The number of carboxylic acid groups (broad SMARTS) is 1. The van der Waals surface area contributed by atoms with Gasteiger partial charge in [0.05, 0.1) is 6.61 Å². The van der Waals surface area contributed by atoms with Gasteiger partial charge in [-0.1, -0.05) is 58.3 Å². The summed E-state index contributed by atoms with van der Waals surface area (Å²) in [5, 5.41) is 9.68. The molecule has 1 amide bonds. The minimum absolute atomic E-state index is 0.0251. The molecule has 6 N–H and O–H groups in total. The van der Waals surface area contributed by atoms with Crippen molar-refractivity contribution >= 4 is 24.3 Å². The van der Waals surface area contributed by atoms with Gasteiger partial charge in [-0.2, -0.15) is 0 Å². The van der Waals surface area contributed by atoms with Gasteiger partial charge in [0.15, 0.2) is 5.96 Å². The van der Waals surface area contributed by atoms with E-state index in [4.69, 9.17) is 26.1 Å². The van der Waals surface area contributed by atoms with Crippen LogP contribution < -0.4 is 16.8 Å². The average molecular weight is 431 g/mol. The Morgan fingerprint density at radius 2 is 1.53 bits per heavy atom. The average Bonchev–Trinajstić information content (AvgIpc) is 2.69. The number of hydrogen-bond acceptors (Lipinski definition) is 5. The van der Waals surface area contributed by atoms with Gasteiger partial charge in [0, 0.05) is 13.0 Å². The third kappa shape index (κ3) is 22.0. The van der Waals surface area contributed by atoms with Crippen molar-refractivity contribution < 1.29 is 24.2 Å². The fourth-order valence-corrected chi connectivity index (χ4v) is 2.86. The van der Waals surface area contributed by atoms with Crippen molar-refractivity contribution in [3.63, 3.8) is 0 Å². The highest BCUT2D eigenvalue weighted by Crippen LogP contribution is 2.11. The lowest BCUT2D eigenvalue weighted by Crippen LogP contribution is -2.42. The molecule has 30 heavy (non-hydrogen) atoms. The van der Waals surface area contributed by atoms with Crippen LogP contribution in [0.1, 0.15) is 90.9 Å². The zero-order chi connectivity index (χ0) is 23.0. The summed E-state index contributed by atoms with van der Waals surface area (Å²) in [6.07, 6.45) is 12.3. The Morgan fingerprint density at radius 1 is 1.00 bits per heavy atom. The standard InChI is InChI=1S/C20H40N4O3.CH2O2/c1-3-5-6-7-8-9-10-11-12-15-18(25)24-17(19(26)27-4-2)14-13-16-23-20(21)22;2-1-3/h17H,3-16H2,1-2H3,(H,24,25)(H4,21,22,23);1H,(H,2,3)/t17-;/m0./s1. The molecule has 9 nitrogen and oxygen atoms in total. The minimum atomic E-state index is -0.634. The molecule has 0 bridgehead atoms. The second-order valence-electron chi connectivity index (χ2n) is 7.00. The van der Waals surface area contributed by atoms with E-state index in [2.05, 4.69) is 17.2 Å². The maximum atomic E-state index is 12.1. The predicted octanol–water partition coefficient (Wildman–Crippen LogP) is 2.71. The van der Waals surface area contributed by atoms with Crippen LogP contribution in [0.5, 0.6) is 0 Å². The molecule has 176 valence electrons.